The van der Waals surface area contributed by atoms with Gasteiger partial charge in [0, 0.05) is 31.8 Å². The molecule has 0 atom stereocenters. The van der Waals surface area contributed by atoms with E-state index in [1.165, 1.54) is 11.3 Å². The van der Waals surface area contributed by atoms with Crippen molar-refractivity contribution < 1.29 is 0 Å². The lowest BCUT2D eigenvalue weighted by Gasteiger charge is -2.21. The molecule has 53 valence electrons. The van der Waals surface area contributed by atoms with Gasteiger partial charge in [-0.15, -0.1) is 0 Å². The summed E-state index contributed by atoms with van der Waals surface area (Å²) in [6.45, 7) is 2.91. The molecule has 0 aromatic heterocycles. The van der Waals surface area contributed by atoms with E-state index in [1.54, 1.807) is 0 Å². The van der Waals surface area contributed by atoms with Crippen molar-refractivity contribution in [2.75, 3.05) is 19.6 Å². The molecule has 0 saturated heterocycles. The lowest BCUT2D eigenvalue weighted by Crippen LogP contribution is -2.28. The lowest BCUT2D eigenvalue weighted by atomic mass is 10.1. The van der Waals surface area contributed by atoms with Gasteiger partial charge in [0.25, 0.3) is 0 Å². The summed E-state index contributed by atoms with van der Waals surface area (Å²) in [5, 5.41) is 7.67. The first-order valence-electron chi connectivity index (χ1n) is 3.72. The Balaban J connectivity index is 2.23. The largest absolute Gasteiger partial charge is 0.385 e. The van der Waals surface area contributed by atoms with Crippen LogP contribution in [0.25, 0.3) is 0 Å². The number of rotatable bonds is 0. The summed E-state index contributed by atoms with van der Waals surface area (Å²) in [4.78, 5) is 0. The summed E-state index contributed by atoms with van der Waals surface area (Å²) in [6.07, 6.45) is 5.45. The van der Waals surface area contributed by atoms with E-state index in [4.69, 9.17) is 0 Å². The Bertz CT molecular complexity index is 191. The average molecular weight is 135 g/mol. The van der Waals surface area contributed by atoms with E-state index < -0.39 is 0 Å². The van der Waals surface area contributed by atoms with Gasteiger partial charge >= 0.3 is 0 Å². The van der Waals surface area contributed by atoms with Crippen LogP contribution in [-0.2, 0) is 0 Å². The third kappa shape index (κ3) is 0.948. The monoisotopic (exact) mass is 135 g/mol. The van der Waals surface area contributed by atoms with Gasteiger partial charge in [0.15, 0.2) is 0 Å². The highest BCUT2D eigenvalue weighted by molar-refractivity contribution is 5.31. The van der Waals surface area contributed by atoms with Crippen LogP contribution in [0.4, 0.5) is 0 Å². The van der Waals surface area contributed by atoms with Gasteiger partial charge < -0.3 is 5.32 Å². The normalized spacial score (nSPS) is 24.0. The molecule has 0 unspecified atom stereocenters. The second-order valence-corrected chi connectivity index (χ2v) is 2.64. The molecule has 2 heterocycles. The molecule has 2 aliphatic rings. The van der Waals surface area contributed by atoms with E-state index in [2.05, 4.69) is 22.8 Å². The standard InChI is InChI=1S/C8H11N2/c1-2-7-6-9-5-3-8(7)10-4-1/h1-2,10H,3-6H2. The quantitative estimate of drug-likeness (QED) is 0.511. The minimum Gasteiger partial charge on any atom is -0.385 e. The first kappa shape index (κ1) is 5.98. The maximum atomic E-state index is 4.31. The van der Waals surface area contributed by atoms with E-state index in [9.17, 15) is 0 Å². The van der Waals surface area contributed by atoms with Crippen LogP contribution in [0.2, 0.25) is 0 Å². The van der Waals surface area contributed by atoms with Gasteiger partial charge in [-0.05, 0) is 5.57 Å². The van der Waals surface area contributed by atoms with Gasteiger partial charge in [-0.2, -0.15) is 0 Å². The van der Waals surface area contributed by atoms with Crippen molar-refractivity contribution in [3.05, 3.63) is 23.4 Å². The second-order valence-electron chi connectivity index (χ2n) is 2.64. The van der Waals surface area contributed by atoms with Crippen molar-refractivity contribution in [3.63, 3.8) is 0 Å². The molecule has 0 bridgehead atoms. The van der Waals surface area contributed by atoms with Crippen molar-refractivity contribution in [2.24, 2.45) is 0 Å². The molecule has 2 heteroatoms. The van der Waals surface area contributed by atoms with Crippen molar-refractivity contribution in [1.82, 2.24) is 10.6 Å². The minimum atomic E-state index is 0.916. The van der Waals surface area contributed by atoms with E-state index in [0.29, 0.717) is 0 Å². The van der Waals surface area contributed by atoms with Gasteiger partial charge in [-0.1, -0.05) is 12.2 Å². The number of nitrogens with zero attached hydrogens (tertiary/aromatic N) is 1. The molecule has 2 aliphatic heterocycles. The number of hydrogen-bond acceptors (Lipinski definition) is 1. The number of hydrogen-bond donors (Lipinski definition) is 1. The molecular weight excluding hydrogens is 124 g/mol. The summed E-state index contributed by atoms with van der Waals surface area (Å²) in [7, 11) is 0. The fraction of sp³-hybridized carbons (Fsp3) is 0.500. The molecule has 2 rings (SSSR count). The minimum absolute atomic E-state index is 0.916. The third-order valence-corrected chi connectivity index (χ3v) is 1.94. The first-order valence-corrected chi connectivity index (χ1v) is 3.72. The van der Waals surface area contributed by atoms with Gasteiger partial charge in [0.2, 0.25) is 0 Å². The smallest absolute Gasteiger partial charge is 0.0401 e. The highest BCUT2D eigenvalue weighted by Gasteiger charge is 2.11. The van der Waals surface area contributed by atoms with Crippen LogP contribution in [0.1, 0.15) is 6.42 Å². The predicted octanol–water partition coefficient (Wildman–Crippen LogP) is 0.408. The SMILES string of the molecule is C1=CC2=C(CC[N]C2)NC1. The molecular formula is C8H11N2. The van der Waals surface area contributed by atoms with Gasteiger partial charge in [-0.3, -0.25) is 0 Å². The summed E-state index contributed by atoms with van der Waals surface area (Å²) in [5.41, 5.74) is 2.80. The summed E-state index contributed by atoms with van der Waals surface area (Å²) < 4.78 is 0. The van der Waals surface area contributed by atoms with E-state index >= 15 is 0 Å². The van der Waals surface area contributed by atoms with Crippen molar-refractivity contribution in [2.45, 2.75) is 6.42 Å². The molecule has 0 saturated carbocycles. The number of nitrogens with one attached hydrogen (secondary N) is 1. The molecule has 1 N–H and O–H groups in total. The molecule has 0 amide bonds. The molecule has 0 aromatic rings. The van der Waals surface area contributed by atoms with Crippen LogP contribution in [0.5, 0.6) is 0 Å². The molecule has 1 radical (unpaired) electrons. The zero-order valence-corrected chi connectivity index (χ0v) is 5.93. The summed E-state index contributed by atoms with van der Waals surface area (Å²) >= 11 is 0. The fourth-order valence-electron chi connectivity index (χ4n) is 1.38. The Morgan fingerprint density at radius 3 is 3.40 bits per heavy atom. The Hall–Kier alpha value is -0.760. The first-order chi connectivity index (χ1) is 4.97. The molecule has 0 spiro atoms. The third-order valence-electron chi connectivity index (χ3n) is 1.94. The lowest BCUT2D eigenvalue weighted by molar-refractivity contribution is 0.628. The van der Waals surface area contributed by atoms with Crippen LogP contribution in [0.3, 0.4) is 0 Å². The second kappa shape index (κ2) is 2.46. The maximum Gasteiger partial charge on any atom is 0.0401 e. The van der Waals surface area contributed by atoms with Gasteiger partial charge in [0.1, 0.15) is 0 Å². The van der Waals surface area contributed by atoms with Crippen LogP contribution < -0.4 is 10.6 Å². The molecule has 2 nitrogen and oxygen atoms in total. The summed E-state index contributed by atoms with van der Waals surface area (Å²) in [6, 6.07) is 0. The highest BCUT2D eigenvalue weighted by Crippen LogP contribution is 2.13. The maximum absolute atomic E-state index is 4.31. The van der Waals surface area contributed by atoms with Crippen LogP contribution in [-0.4, -0.2) is 19.6 Å². The Kier molecular flexibility index (Phi) is 1.47. The Labute approximate surface area is 61.0 Å². The van der Waals surface area contributed by atoms with Gasteiger partial charge in [-0.25, -0.2) is 5.32 Å². The fourth-order valence-corrected chi connectivity index (χ4v) is 1.38. The molecule has 0 aromatic carbocycles. The highest BCUT2D eigenvalue weighted by atomic mass is 14.9. The number of dihydropyridines is 1. The predicted molar refractivity (Wildman–Crippen MR) is 40.7 cm³/mol. The Morgan fingerprint density at radius 2 is 2.50 bits per heavy atom. The molecule has 10 heavy (non-hydrogen) atoms. The van der Waals surface area contributed by atoms with E-state index in [-0.39, 0.29) is 0 Å². The topological polar surface area (TPSA) is 26.1 Å². The van der Waals surface area contributed by atoms with Crippen molar-refractivity contribution in [3.8, 4) is 0 Å². The van der Waals surface area contributed by atoms with Crippen LogP contribution in [0.15, 0.2) is 23.4 Å². The van der Waals surface area contributed by atoms with E-state index in [0.717, 1.165) is 26.1 Å². The zero-order chi connectivity index (χ0) is 6.81. The average Bonchev–Trinajstić information content (AvgIpc) is 2.05. The van der Waals surface area contributed by atoms with Crippen LogP contribution in [0, 0.1) is 0 Å². The van der Waals surface area contributed by atoms with Crippen molar-refractivity contribution >= 4 is 0 Å². The zero-order valence-electron chi connectivity index (χ0n) is 5.93. The van der Waals surface area contributed by atoms with E-state index in [1.807, 2.05) is 0 Å². The molecule has 0 fully saturated rings. The summed E-state index contributed by atoms with van der Waals surface area (Å²) in [5.74, 6) is 0. The Morgan fingerprint density at radius 1 is 1.50 bits per heavy atom. The molecule has 0 aliphatic carbocycles. The van der Waals surface area contributed by atoms with Gasteiger partial charge in [0.05, 0.1) is 0 Å². The van der Waals surface area contributed by atoms with Crippen LogP contribution >= 0.6 is 0 Å². The van der Waals surface area contributed by atoms with Crippen molar-refractivity contribution in [1.29, 1.82) is 0 Å².